The molecule has 0 saturated carbocycles. The SMILES string of the molecule is COc1ccc(-c2nc(C(=O)NC(C)c3ccncc3)cs2)cc1OC. The van der Waals surface area contributed by atoms with Crippen molar-refractivity contribution in [3.05, 3.63) is 59.4 Å². The Morgan fingerprint density at radius 1 is 1.12 bits per heavy atom. The highest BCUT2D eigenvalue weighted by Crippen LogP contribution is 2.33. The molecule has 1 atom stereocenters. The van der Waals surface area contributed by atoms with Gasteiger partial charge in [-0.2, -0.15) is 0 Å². The standard InChI is InChI=1S/C19H19N3O3S/c1-12(13-6-8-20-9-7-13)21-18(23)15-11-26-19(22-15)14-4-5-16(24-2)17(10-14)25-3/h4-12H,1-3H3,(H,21,23). The largest absolute Gasteiger partial charge is 0.493 e. The highest BCUT2D eigenvalue weighted by Gasteiger charge is 2.16. The molecule has 1 unspecified atom stereocenters. The average Bonchev–Trinajstić information content (AvgIpc) is 3.18. The maximum Gasteiger partial charge on any atom is 0.271 e. The second-order valence-corrected chi connectivity index (χ2v) is 6.44. The van der Waals surface area contributed by atoms with E-state index in [2.05, 4.69) is 15.3 Å². The molecule has 0 aliphatic rings. The first kappa shape index (κ1) is 17.9. The fraction of sp³-hybridized carbons (Fsp3) is 0.211. The predicted octanol–water partition coefficient (Wildman–Crippen LogP) is 3.71. The summed E-state index contributed by atoms with van der Waals surface area (Å²) < 4.78 is 10.6. The number of rotatable bonds is 6. The first-order chi connectivity index (χ1) is 12.6. The summed E-state index contributed by atoms with van der Waals surface area (Å²) in [4.78, 5) is 20.9. The molecule has 0 saturated heterocycles. The van der Waals surface area contributed by atoms with Gasteiger partial charge < -0.3 is 14.8 Å². The molecule has 0 bridgehead atoms. The second-order valence-electron chi connectivity index (χ2n) is 5.58. The van der Waals surface area contributed by atoms with Crippen molar-refractivity contribution in [1.82, 2.24) is 15.3 Å². The molecule has 2 heterocycles. The van der Waals surface area contributed by atoms with Gasteiger partial charge >= 0.3 is 0 Å². The summed E-state index contributed by atoms with van der Waals surface area (Å²) in [7, 11) is 3.18. The zero-order valence-electron chi connectivity index (χ0n) is 14.7. The molecule has 6 nitrogen and oxygen atoms in total. The maximum absolute atomic E-state index is 12.5. The fourth-order valence-corrected chi connectivity index (χ4v) is 3.28. The molecular weight excluding hydrogens is 350 g/mol. The van der Waals surface area contributed by atoms with Crippen molar-refractivity contribution in [3.63, 3.8) is 0 Å². The number of methoxy groups -OCH3 is 2. The van der Waals surface area contributed by atoms with E-state index in [9.17, 15) is 4.79 Å². The molecule has 3 aromatic rings. The topological polar surface area (TPSA) is 73.3 Å². The first-order valence-electron chi connectivity index (χ1n) is 8.01. The van der Waals surface area contributed by atoms with Crippen LogP contribution < -0.4 is 14.8 Å². The van der Waals surface area contributed by atoms with Gasteiger partial charge in [0.1, 0.15) is 10.7 Å². The molecule has 0 radical (unpaired) electrons. The Balaban J connectivity index is 1.76. The summed E-state index contributed by atoms with van der Waals surface area (Å²) in [5.74, 6) is 1.06. The first-order valence-corrected chi connectivity index (χ1v) is 8.89. The van der Waals surface area contributed by atoms with E-state index in [4.69, 9.17) is 9.47 Å². The van der Waals surface area contributed by atoms with Crippen molar-refractivity contribution in [3.8, 4) is 22.1 Å². The molecule has 0 fully saturated rings. The molecule has 1 amide bonds. The van der Waals surface area contributed by atoms with Gasteiger partial charge in [-0.25, -0.2) is 4.98 Å². The van der Waals surface area contributed by atoms with Crippen molar-refractivity contribution in [1.29, 1.82) is 0 Å². The van der Waals surface area contributed by atoms with Crippen LogP contribution in [0.1, 0.15) is 29.0 Å². The van der Waals surface area contributed by atoms with E-state index in [1.54, 1.807) is 32.0 Å². The molecule has 1 aromatic carbocycles. The van der Waals surface area contributed by atoms with Crippen LogP contribution in [0.25, 0.3) is 10.6 Å². The van der Waals surface area contributed by atoms with Crippen LogP contribution in [0.4, 0.5) is 0 Å². The summed E-state index contributed by atoms with van der Waals surface area (Å²) >= 11 is 1.41. The molecular formula is C19H19N3O3S. The molecule has 0 aliphatic carbocycles. The van der Waals surface area contributed by atoms with E-state index >= 15 is 0 Å². The fourth-order valence-electron chi connectivity index (χ4n) is 2.49. The normalized spacial score (nSPS) is 11.7. The zero-order valence-corrected chi connectivity index (χ0v) is 15.5. The minimum atomic E-state index is -0.211. The molecule has 134 valence electrons. The molecule has 1 N–H and O–H groups in total. The monoisotopic (exact) mass is 369 g/mol. The van der Waals surface area contributed by atoms with E-state index in [0.717, 1.165) is 16.1 Å². The highest BCUT2D eigenvalue weighted by molar-refractivity contribution is 7.13. The predicted molar refractivity (Wildman–Crippen MR) is 101 cm³/mol. The summed E-state index contributed by atoms with van der Waals surface area (Å²) in [6.45, 7) is 1.93. The van der Waals surface area contributed by atoms with Crippen LogP contribution in [0.15, 0.2) is 48.1 Å². The van der Waals surface area contributed by atoms with Gasteiger partial charge in [0.2, 0.25) is 0 Å². The van der Waals surface area contributed by atoms with Gasteiger partial charge in [-0.15, -0.1) is 11.3 Å². The number of hydrogen-bond donors (Lipinski definition) is 1. The van der Waals surface area contributed by atoms with E-state index < -0.39 is 0 Å². The van der Waals surface area contributed by atoms with Crippen LogP contribution in [0, 0.1) is 0 Å². The molecule has 7 heteroatoms. The van der Waals surface area contributed by atoms with Crippen LogP contribution in [-0.2, 0) is 0 Å². The Morgan fingerprint density at radius 2 is 1.85 bits per heavy atom. The van der Waals surface area contributed by atoms with Gasteiger partial charge in [0.05, 0.1) is 20.3 Å². The van der Waals surface area contributed by atoms with Crippen LogP contribution in [-0.4, -0.2) is 30.1 Å². The number of thiazole rings is 1. The number of pyridine rings is 1. The molecule has 0 spiro atoms. The number of carbonyl (C=O) groups is 1. The molecule has 26 heavy (non-hydrogen) atoms. The molecule has 0 aliphatic heterocycles. The van der Waals surface area contributed by atoms with Crippen molar-refractivity contribution in [2.75, 3.05) is 14.2 Å². The minimum Gasteiger partial charge on any atom is -0.493 e. The molecule has 2 aromatic heterocycles. The summed E-state index contributed by atoms with van der Waals surface area (Å²) in [5.41, 5.74) is 2.25. The lowest BCUT2D eigenvalue weighted by Gasteiger charge is -2.12. The highest BCUT2D eigenvalue weighted by atomic mass is 32.1. The quantitative estimate of drug-likeness (QED) is 0.717. The van der Waals surface area contributed by atoms with E-state index in [0.29, 0.717) is 17.2 Å². The summed E-state index contributed by atoms with van der Waals surface area (Å²) in [6, 6.07) is 9.18. The van der Waals surface area contributed by atoms with Crippen LogP contribution in [0.3, 0.4) is 0 Å². The third-order valence-corrected chi connectivity index (χ3v) is 4.81. The van der Waals surface area contributed by atoms with Crippen LogP contribution >= 0.6 is 11.3 Å². The average molecular weight is 369 g/mol. The van der Waals surface area contributed by atoms with Gasteiger partial charge in [-0.1, -0.05) is 0 Å². The van der Waals surface area contributed by atoms with Gasteiger partial charge in [-0.05, 0) is 42.8 Å². The Hall–Kier alpha value is -2.93. The lowest BCUT2D eigenvalue weighted by atomic mass is 10.1. The van der Waals surface area contributed by atoms with E-state index in [1.807, 2.05) is 37.3 Å². The van der Waals surface area contributed by atoms with Gasteiger partial charge in [0, 0.05) is 23.3 Å². The number of amides is 1. The second kappa shape index (κ2) is 7.97. The lowest BCUT2D eigenvalue weighted by molar-refractivity contribution is 0.0935. The number of aromatic nitrogens is 2. The van der Waals surface area contributed by atoms with Crippen molar-refractivity contribution >= 4 is 17.2 Å². The Labute approximate surface area is 155 Å². The minimum absolute atomic E-state index is 0.128. The smallest absolute Gasteiger partial charge is 0.271 e. The lowest BCUT2D eigenvalue weighted by Crippen LogP contribution is -2.26. The zero-order chi connectivity index (χ0) is 18.5. The Morgan fingerprint density at radius 3 is 2.54 bits per heavy atom. The Kier molecular flexibility index (Phi) is 5.48. The maximum atomic E-state index is 12.5. The third kappa shape index (κ3) is 3.83. The Bertz CT molecular complexity index is 896. The van der Waals surface area contributed by atoms with E-state index in [-0.39, 0.29) is 11.9 Å². The van der Waals surface area contributed by atoms with E-state index in [1.165, 1.54) is 11.3 Å². The van der Waals surface area contributed by atoms with Crippen molar-refractivity contribution in [2.45, 2.75) is 13.0 Å². The number of hydrogen-bond acceptors (Lipinski definition) is 6. The number of benzene rings is 1. The van der Waals surface area contributed by atoms with Crippen molar-refractivity contribution < 1.29 is 14.3 Å². The number of nitrogens with one attached hydrogen (secondary N) is 1. The number of carbonyl (C=O) groups excluding carboxylic acids is 1. The van der Waals surface area contributed by atoms with Crippen LogP contribution in [0.2, 0.25) is 0 Å². The summed E-state index contributed by atoms with van der Waals surface area (Å²) in [5, 5.41) is 5.44. The summed E-state index contributed by atoms with van der Waals surface area (Å²) in [6.07, 6.45) is 3.41. The van der Waals surface area contributed by atoms with Crippen LogP contribution in [0.5, 0.6) is 11.5 Å². The van der Waals surface area contributed by atoms with Gasteiger partial charge in [-0.3, -0.25) is 9.78 Å². The third-order valence-electron chi connectivity index (χ3n) is 3.92. The number of ether oxygens (including phenoxy) is 2. The number of nitrogens with zero attached hydrogens (tertiary/aromatic N) is 2. The molecule has 3 rings (SSSR count). The van der Waals surface area contributed by atoms with Gasteiger partial charge in [0.15, 0.2) is 11.5 Å². The van der Waals surface area contributed by atoms with Gasteiger partial charge in [0.25, 0.3) is 5.91 Å². The van der Waals surface area contributed by atoms with Crippen molar-refractivity contribution in [2.24, 2.45) is 0 Å².